The van der Waals surface area contributed by atoms with Gasteiger partial charge in [-0.15, -0.1) is 11.6 Å². The maximum absolute atomic E-state index is 5.97. The molecule has 1 saturated carbocycles. The Morgan fingerprint density at radius 1 is 1.50 bits per heavy atom. The van der Waals surface area contributed by atoms with Crippen molar-refractivity contribution in [2.75, 3.05) is 11.4 Å². The molecule has 0 radical (unpaired) electrons. The van der Waals surface area contributed by atoms with Crippen LogP contribution in [-0.4, -0.2) is 17.6 Å². The summed E-state index contributed by atoms with van der Waals surface area (Å²) < 4.78 is 0. The number of pyridine rings is 1. The van der Waals surface area contributed by atoms with Gasteiger partial charge in [0.05, 0.1) is 5.88 Å². The van der Waals surface area contributed by atoms with E-state index in [0.717, 1.165) is 18.2 Å². The number of unbranched alkanes of at least 4 members (excludes halogenated alkanes) is 1. The Morgan fingerprint density at radius 2 is 2.31 bits per heavy atom. The van der Waals surface area contributed by atoms with Gasteiger partial charge >= 0.3 is 0 Å². The van der Waals surface area contributed by atoms with Gasteiger partial charge in [0.15, 0.2) is 0 Å². The molecule has 1 fully saturated rings. The van der Waals surface area contributed by atoms with Crippen LogP contribution in [0.2, 0.25) is 0 Å². The zero-order valence-corrected chi connectivity index (χ0v) is 10.6. The van der Waals surface area contributed by atoms with Gasteiger partial charge in [0.1, 0.15) is 0 Å². The summed E-state index contributed by atoms with van der Waals surface area (Å²) in [7, 11) is 0. The lowest BCUT2D eigenvalue weighted by molar-refractivity contribution is 0.710. The van der Waals surface area contributed by atoms with E-state index >= 15 is 0 Å². The average Bonchev–Trinajstić information content (AvgIpc) is 3.14. The van der Waals surface area contributed by atoms with Crippen molar-refractivity contribution in [1.29, 1.82) is 0 Å². The third-order valence-corrected chi connectivity index (χ3v) is 3.36. The largest absolute Gasteiger partial charge is 0.368 e. The molecule has 1 heterocycles. The van der Waals surface area contributed by atoms with E-state index in [2.05, 4.69) is 22.9 Å². The predicted molar refractivity (Wildman–Crippen MR) is 69.1 cm³/mol. The van der Waals surface area contributed by atoms with Crippen LogP contribution in [0.5, 0.6) is 0 Å². The predicted octanol–water partition coefficient (Wildman–Crippen LogP) is 3.59. The topological polar surface area (TPSA) is 16.1 Å². The maximum Gasteiger partial charge on any atom is 0.0509 e. The first-order valence-corrected chi connectivity index (χ1v) is 6.65. The van der Waals surface area contributed by atoms with Gasteiger partial charge in [-0.2, -0.15) is 0 Å². The van der Waals surface area contributed by atoms with E-state index in [4.69, 9.17) is 11.6 Å². The second kappa shape index (κ2) is 5.53. The number of halogens is 1. The van der Waals surface area contributed by atoms with Crippen molar-refractivity contribution in [3.63, 3.8) is 0 Å². The minimum Gasteiger partial charge on any atom is -0.368 e. The number of anilines is 1. The Labute approximate surface area is 103 Å². The summed E-state index contributed by atoms with van der Waals surface area (Å²) in [5.41, 5.74) is 2.45. The van der Waals surface area contributed by atoms with Gasteiger partial charge in [-0.25, -0.2) is 0 Å². The number of nitrogens with zero attached hydrogens (tertiary/aromatic N) is 2. The second-order valence-corrected chi connectivity index (χ2v) is 4.68. The first kappa shape index (κ1) is 11.7. The van der Waals surface area contributed by atoms with Crippen LogP contribution in [0.4, 0.5) is 5.69 Å². The van der Waals surface area contributed by atoms with Crippen LogP contribution in [0.3, 0.4) is 0 Å². The molecule has 16 heavy (non-hydrogen) atoms. The Hall–Kier alpha value is -0.760. The first-order chi connectivity index (χ1) is 7.86. The van der Waals surface area contributed by atoms with E-state index in [1.807, 2.05) is 12.4 Å². The van der Waals surface area contributed by atoms with E-state index in [0.29, 0.717) is 5.88 Å². The van der Waals surface area contributed by atoms with Gasteiger partial charge in [0, 0.05) is 36.2 Å². The summed E-state index contributed by atoms with van der Waals surface area (Å²) >= 11 is 5.97. The smallest absolute Gasteiger partial charge is 0.0509 e. The molecule has 0 spiro atoms. The average molecular weight is 239 g/mol. The Balaban J connectivity index is 2.16. The molecular weight excluding hydrogens is 220 g/mol. The quantitative estimate of drug-likeness (QED) is 0.705. The fourth-order valence-electron chi connectivity index (χ4n) is 2.02. The molecular formula is C13H19ClN2. The second-order valence-electron chi connectivity index (χ2n) is 4.42. The first-order valence-electron chi connectivity index (χ1n) is 6.12. The lowest BCUT2D eigenvalue weighted by atomic mass is 10.2. The van der Waals surface area contributed by atoms with Gasteiger partial charge in [0.2, 0.25) is 0 Å². The van der Waals surface area contributed by atoms with Crippen LogP contribution in [0.1, 0.15) is 38.2 Å². The summed E-state index contributed by atoms with van der Waals surface area (Å²) in [6.45, 7) is 3.38. The number of aromatic nitrogens is 1. The van der Waals surface area contributed by atoms with Gasteiger partial charge in [-0.3, -0.25) is 4.98 Å². The lowest BCUT2D eigenvalue weighted by Gasteiger charge is -2.26. The molecule has 88 valence electrons. The zero-order valence-electron chi connectivity index (χ0n) is 9.82. The molecule has 0 bridgehead atoms. The Morgan fingerprint density at radius 3 is 2.94 bits per heavy atom. The van der Waals surface area contributed by atoms with E-state index in [9.17, 15) is 0 Å². The molecule has 0 aromatic carbocycles. The molecule has 1 aliphatic carbocycles. The highest BCUT2D eigenvalue weighted by molar-refractivity contribution is 6.17. The van der Waals surface area contributed by atoms with Crippen LogP contribution in [-0.2, 0) is 5.88 Å². The van der Waals surface area contributed by atoms with Gasteiger partial charge in [-0.1, -0.05) is 13.3 Å². The summed E-state index contributed by atoms with van der Waals surface area (Å²) in [5.74, 6) is 0.554. The summed E-state index contributed by atoms with van der Waals surface area (Å²) in [6.07, 6.45) is 8.91. The van der Waals surface area contributed by atoms with Crippen LogP contribution in [0.25, 0.3) is 0 Å². The van der Waals surface area contributed by atoms with Gasteiger partial charge in [-0.05, 0) is 25.3 Å². The third-order valence-electron chi connectivity index (χ3n) is 3.07. The fourth-order valence-corrected chi connectivity index (χ4v) is 2.22. The van der Waals surface area contributed by atoms with Crippen molar-refractivity contribution in [2.24, 2.45) is 0 Å². The normalized spacial score (nSPS) is 15.1. The maximum atomic E-state index is 5.97. The third kappa shape index (κ3) is 2.67. The molecule has 0 unspecified atom stereocenters. The summed E-state index contributed by atoms with van der Waals surface area (Å²) in [4.78, 5) is 6.66. The molecule has 0 atom stereocenters. The van der Waals surface area contributed by atoms with Gasteiger partial charge < -0.3 is 4.90 Å². The standard InChI is InChI=1S/C13H19ClN2/c1-2-3-8-16(12-4-5-12)13-6-7-15-10-11(13)9-14/h6-7,10,12H,2-5,8-9H2,1H3. The lowest BCUT2D eigenvalue weighted by Crippen LogP contribution is -2.27. The fraction of sp³-hybridized carbons (Fsp3) is 0.615. The summed E-state index contributed by atoms with van der Waals surface area (Å²) in [5, 5.41) is 0. The highest BCUT2D eigenvalue weighted by Crippen LogP contribution is 2.33. The monoisotopic (exact) mass is 238 g/mol. The molecule has 0 amide bonds. The van der Waals surface area contributed by atoms with Crippen LogP contribution in [0, 0.1) is 0 Å². The molecule has 0 saturated heterocycles. The zero-order chi connectivity index (χ0) is 11.4. The molecule has 1 aliphatic rings. The van der Waals surface area contributed by atoms with Crippen LogP contribution >= 0.6 is 11.6 Å². The summed E-state index contributed by atoms with van der Waals surface area (Å²) in [6, 6.07) is 2.85. The van der Waals surface area contributed by atoms with Crippen molar-refractivity contribution in [3.05, 3.63) is 24.0 Å². The molecule has 1 aromatic heterocycles. The molecule has 0 N–H and O–H groups in total. The molecule has 1 aromatic rings. The van der Waals surface area contributed by atoms with Crippen molar-refractivity contribution in [1.82, 2.24) is 4.98 Å². The van der Waals surface area contributed by atoms with Crippen molar-refractivity contribution >= 4 is 17.3 Å². The van der Waals surface area contributed by atoms with E-state index in [-0.39, 0.29) is 0 Å². The molecule has 2 rings (SSSR count). The van der Waals surface area contributed by atoms with Crippen LogP contribution in [0.15, 0.2) is 18.5 Å². The number of hydrogen-bond acceptors (Lipinski definition) is 2. The van der Waals surface area contributed by atoms with E-state index in [1.54, 1.807) is 0 Å². The van der Waals surface area contributed by atoms with E-state index in [1.165, 1.54) is 31.4 Å². The van der Waals surface area contributed by atoms with Crippen molar-refractivity contribution in [3.8, 4) is 0 Å². The molecule has 2 nitrogen and oxygen atoms in total. The minimum atomic E-state index is 0.554. The number of alkyl halides is 1. The number of rotatable bonds is 6. The SMILES string of the molecule is CCCCN(c1ccncc1CCl)C1CC1. The van der Waals surface area contributed by atoms with Gasteiger partial charge in [0.25, 0.3) is 0 Å². The Bertz CT molecular complexity index is 336. The highest BCUT2D eigenvalue weighted by Gasteiger charge is 2.29. The molecule has 0 aliphatic heterocycles. The van der Waals surface area contributed by atoms with E-state index < -0.39 is 0 Å². The molecule has 3 heteroatoms. The number of hydrogen-bond donors (Lipinski definition) is 0. The minimum absolute atomic E-state index is 0.554. The highest BCUT2D eigenvalue weighted by atomic mass is 35.5. The van der Waals surface area contributed by atoms with Crippen molar-refractivity contribution in [2.45, 2.75) is 44.5 Å². The Kier molecular flexibility index (Phi) is 4.05. The van der Waals surface area contributed by atoms with Crippen molar-refractivity contribution < 1.29 is 0 Å². The van der Waals surface area contributed by atoms with Crippen LogP contribution < -0.4 is 4.90 Å².